The number of rotatable bonds is 4. The zero-order valence-electron chi connectivity index (χ0n) is 12.3. The Morgan fingerprint density at radius 2 is 1.70 bits per heavy atom. The number of aromatic nitrogens is 2. The molecular weight excluding hydrogens is 314 g/mol. The summed E-state index contributed by atoms with van der Waals surface area (Å²) in [5.74, 6) is 0.330. The summed E-state index contributed by atoms with van der Waals surface area (Å²) >= 11 is 6.23. The predicted molar refractivity (Wildman–Crippen MR) is 89.0 cm³/mol. The Morgan fingerprint density at radius 3 is 2.35 bits per heavy atom. The highest BCUT2D eigenvalue weighted by Gasteiger charge is 2.13. The number of phenolic OH excluding ortho intramolecular Hbond substituents is 2. The maximum atomic E-state index is 9.51. The third-order valence-electron chi connectivity index (χ3n) is 3.52. The average molecular weight is 330 g/mol. The van der Waals surface area contributed by atoms with Crippen LogP contribution in [-0.2, 0) is 13.0 Å². The van der Waals surface area contributed by atoms with Gasteiger partial charge in [-0.1, -0.05) is 23.7 Å². The minimum absolute atomic E-state index is 0.102. The monoisotopic (exact) mass is 329 g/mol. The maximum Gasteiger partial charge on any atom is 0.117 e. The second kappa shape index (κ2) is 6.32. The summed E-state index contributed by atoms with van der Waals surface area (Å²) in [5.41, 5.74) is 9.09. The second-order valence-electron chi connectivity index (χ2n) is 5.22. The third-order valence-corrected chi connectivity index (χ3v) is 3.83. The van der Waals surface area contributed by atoms with Gasteiger partial charge in [0.15, 0.2) is 0 Å². The van der Waals surface area contributed by atoms with Gasteiger partial charge in [-0.05, 0) is 35.9 Å². The van der Waals surface area contributed by atoms with E-state index in [9.17, 15) is 10.2 Å². The summed E-state index contributed by atoms with van der Waals surface area (Å²) in [4.78, 5) is 0. The van der Waals surface area contributed by atoms with E-state index in [1.807, 2.05) is 18.2 Å². The standard InChI is InChI=1S/C17H16ClN3O2/c18-16-9-15(23)5-6-17(16)21-13(8-12(10-19)20-21)7-11-1-3-14(22)4-2-11/h1-6,8-9,22-23H,7,10,19H2. The van der Waals surface area contributed by atoms with Crippen LogP contribution in [0.5, 0.6) is 11.5 Å². The Balaban J connectivity index is 2.03. The topological polar surface area (TPSA) is 84.3 Å². The predicted octanol–water partition coefficient (Wildman–Crippen LogP) is 2.99. The van der Waals surface area contributed by atoms with Crippen molar-refractivity contribution in [2.45, 2.75) is 13.0 Å². The smallest absolute Gasteiger partial charge is 0.117 e. The van der Waals surface area contributed by atoms with Gasteiger partial charge in [0, 0.05) is 24.7 Å². The molecule has 6 heteroatoms. The number of benzene rings is 2. The minimum Gasteiger partial charge on any atom is -0.508 e. The first-order valence-corrected chi connectivity index (χ1v) is 7.49. The van der Waals surface area contributed by atoms with Crippen LogP contribution in [0, 0.1) is 0 Å². The Labute approximate surface area is 138 Å². The fourth-order valence-electron chi connectivity index (χ4n) is 2.40. The van der Waals surface area contributed by atoms with Crippen LogP contribution in [0.3, 0.4) is 0 Å². The summed E-state index contributed by atoms with van der Waals surface area (Å²) in [7, 11) is 0. The quantitative estimate of drug-likeness (QED) is 0.687. The van der Waals surface area contributed by atoms with Crippen LogP contribution in [-0.4, -0.2) is 20.0 Å². The van der Waals surface area contributed by atoms with Gasteiger partial charge in [0.25, 0.3) is 0 Å². The lowest BCUT2D eigenvalue weighted by Crippen LogP contribution is -2.04. The highest BCUT2D eigenvalue weighted by molar-refractivity contribution is 6.32. The normalized spacial score (nSPS) is 10.9. The lowest BCUT2D eigenvalue weighted by Gasteiger charge is -2.10. The largest absolute Gasteiger partial charge is 0.508 e. The molecule has 0 radical (unpaired) electrons. The molecule has 4 N–H and O–H groups in total. The van der Waals surface area contributed by atoms with Gasteiger partial charge in [-0.2, -0.15) is 5.10 Å². The highest BCUT2D eigenvalue weighted by Crippen LogP contribution is 2.27. The van der Waals surface area contributed by atoms with Crippen LogP contribution in [0.2, 0.25) is 5.02 Å². The number of hydrogen-bond donors (Lipinski definition) is 3. The van der Waals surface area contributed by atoms with E-state index >= 15 is 0 Å². The van der Waals surface area contributed by atoms with Gasteiger partial charge in [-0.3, -0.25) is 0 Å². The molecule has 0 saturated heterocycles. The molecule has 0 amide bonds. The van der Waals surface area contributed by atoms with Gasteiger partial charge in [-0.15, -0.1) is 0 Å². The number of hydrogen-bond acceptors (Lipinski definition) is 4. The molecule has 23 heavy (non-hydrogen) atoms. The Kier molecular flexibility index (Phi) is 4.23. The summed E-state index contributed by atoms with van der Waals surface area (Å²) in [5, 5.41) is 23.8. The van der Waals surface area contributed by atoms with Gasteiger partial charge in [0.05, 0.1) is 16.4 Å². The highest BCUT2D eigenvalue weighted by atomic mass is 35.5. The number of nitrogens with zero attached hydrogens (tertiary/aromatic N) is 2. The van der Waals surface area contributed by atoms with Gasteiger partial charge in [0.1, 0.15) is 11.5 Å². The molecule has 1 aromatic heterocycles. The summed E-state index contributed by atoms with van der Waals surface area (Å²) in [6, 6.07) is 13.7. The van der Waals surface area contributed by atoms with E-state index in [-0.39, 0.29) is 11.5 Å². The van der Waals surface area contributed by atoms with E-state index in [4.69, 9.17) is 17.3 Å². The van der Waals surface area contributed by atoms with E-state index in [1.54, 1.807) is 28.9 Å². The molecule has 0 bridgehead atoms. The molecule has 3 aromatic rings. The van der Waals surface area contributed by atoms with Crippen molar-refractivity contribution >= 4 is 11.6 Å². The molecule has 0 spiro atoms. The molecule has 0 aliphatic rings. The van der Waals surface area contributed by atoms with Crippen molar-refractivity contribution in [3.05, 3.63) is 70.5 Å². The first-order chi connectivity index (χ1) is 11.1. The molecule has 0 saturated carbocycles. The molecule has 2 aromatic carbocycles. The number of nitrogens with two attached hydrogens (primary N) is 1. The molecule has 5 nitrogen and oxygen atoms in total. The molecule has 1 heterocycles. The zero-order valence-corrected chi connectivity index (χ0v) is 13.0. The SMILES string of the molecule is NCc1cc(Cc2ccc(O)cc2)n(-c2ccc(O)cc2Cl)n1. The zero-order chi connectivity index (χ0) is 16.4. The van der Waals surface area contributed by atoms with Crippen LogP contribution in [0.4, 0.5) is 0 Å². The van der Waals surface area contributed by atoms with Gasteiger partial charge >= 0.3 is 0 Å². The molecule has 0 aliphatic carbocycles. The number of halogens is 1. The van der Waals surface area contributed by atoms with Crippen LogP contribution < -0.4 is 5.73 Å². The molecule has 3 rings (SSSR count). The molecule has 0 aliphatic heterocycles. The average Bonchev–Trinajstić information content (AvgIpc) is 2.92. The van der Waals surface area contributed by atoms with Gasteiger partial charge in [0.2, 0.25) is 0 Å². The van der Waals surface area contributed by atoms with E-state index in [0.717, 1.165) is 17.0 Å². The number of aromatic hydroxyl groups is 2. The van der Waals surface area contributed by atoms with Crippen molar-refractivity contribution in [3.8, 4) is 17.2 Å². The number of phenols is 2. The Bertz CT molecular complexity index is 828. The van der Waals surface area contributed by atoms with Crippen molar-refractivity contribution in [2.75, 3.05) is 0 Å². The fourth-order valence-corrected chi connectivity index (χ4v) is 2.65. The summed E-state index contributed by atoms with van der Waals surface area (Å²) in [6.07, 6.45) is 0.616. The molecule has 0 unspecified atom stereocenters. The summed E-state index contributed by atoms with van der Waals surface area (Å²) in [6.45, 7) is 0.325. The Morgan fingerprint density at radius 1 is 1.00 bits per heavy atom. The second-order valence-corrected chi connectivity index (χ2v) is 5.63. The minimum atomic E-state index is 0.102. The van der Waals surface area contributed by atoms with E-state index in [1.165, 1.54) is 6.07 Å². The maximum absolute atomic E-state index is 9.51. The van der Waals surface area contributed by atoms with Gasteiger partial charge in [-0.25, -0.2) is 4.68 Å². The first-order valence-electron chi connectivity index (χ1n) is 7.11. The van der Waals surface area contributed by atoms with Crippen molar-refractivity contribution in [1.29, 1.82) is 0 Å². The van der Waals surface area contributed by atoms with E-state index in [2.05, 4.69) is 5.10 Å². The Hall–Kier alpha value is -2.50. The molecule has 0 fully saturated rings. The van der Waals surface area contributed by atoms with Crippen LogP contribution in [0.1, 0.15) is 17.0 Å². The molecule has 0 atom stereocenters. The lowest BCUT2D eigenvalue weighted by molar-refractivity contribution is 0.474. The summed E-state index contributed by atoms with van der Waals surface area (Å²) < 4.78 is 1.73. The molecule has 118 valence electrons. The van der Waals surface area contributed by atoms with Crippen molar-refractivity contribution in [3.63, 3.8) is 0 Å². The van der Waals surface area contributed by atoms with E-state index < -0.39 is 0 Å². The molecular formula is C17H16ClN3O2. The van der Waals surface area contributed by atoms with Crippen molar-refractivity contribution < 1.29 is 10.2 Å². The van der Waals surface area contributed by atoms with Crippen LogP contribution in [0.15, 0.2) is 48.5 Å². The van der Waals surface area contributed by atoms with E-state index in [0.29, 0.717) is 23.7 Å². The third kappa shape index (κ3) is 3.31. The van der Waals surface area contributed by atoms with Crippen molar-refractivity contribution in [2.24, 2.45) is 5.73 Å². The fraction of sp³-hybridized carbons (Fsp3) is 0.118. The van der Waals surface area contributed by atoms with Crippen molar-refractivity contribution in [1.82, 2.24) is 9.78 Å². The lowest BCUT2D eigenvalue weighted by atomic mass is 10.1. The van der Waals surface area contributed by atoms with Crippen LogP contribution in [0.25, 0.3) is 5.69 Å². The first kappa shape index (κ1) is 15.4. The van der Waals surface area contributed by atoms with Crippen LogP contribution >= 0.6 is 11.6 Å². The van der Waals surface area contributed by atoms with Gasteiger partial charge < -0.3 is 15.9 Å².